The summed E-state index contributed by atoms with van der Waals surface area (Å²) in [7, 11) is 0. The number of amides is 1. The normalized spacial score (nSPS) is 14.1. The Balaban J connectivity index is 2.83. The van der Waals surface area contributed by atoms with Gasteiger partial charge in [0.2, 0.25) is 0 Å². The maximum atomic E-state index is 12.6. The molecule has 0 aliphatic carbocycles. The number of quaternary nitrogens is 1. The lowest BCUT2D eigenvalue weighted by atomic mass is 10.2. The third-order valence-corrected chi connectivity index (χ3v) is 2.03. The lowest BCUT2D eigenvalue weighted by Crippen LogP contribution is -2.99. The molecule has 1 aromatic rings. The van der Waals surface area contributed by atoms with Crippen LogP contribution in [-0.2, 0) is 4.79 Å². The Morgan fingerprint density at radius 2 is 1.63 bits per heavy atom. The van der Waals surface area contributed by atoms with Crippen LogP contribution in [0.2, 0.25) is 0 Å². The fourth-order valence-electron chi connectivity index (χ4n) is 1.03. The summed E-state index contributed by atoms with van der Waals surface area (Å²) in [5.74, 6) is -8.07. The number of alkyl halides is 5. The van der Waals surface area contributed by atoms with Crippen molar-refractivity contribution in [1.29, 1.82) is 0 Å². The smallest absolute Gasteiger partial charge is 0.463 e. The fraction of sp³-hybridized carbons (Fsp3) is 0.222. The van der Waals surface area contributed by atoms with Crippen LogP contribution >= 0.6 is 0 Å². The molecule has 0 heterocycles. The van der Waals surface area contributed by atoms with E-state index in [0.29, 0.717) is 0 Å². The Morgan fingerprint density at radius 3 is 2.00 bits per heavy atom. The largest absolute Gasteiger partial charge is 0.595 e. The number of nitrogens with one attached hydrogen (secondary N) is 2. The number of anilines is 1. The molecule has 19 heavy (non-hydrogen) atoms. The Kier molecular flexibility index (Phi) is 4.08. The van der Waals surface area contributed by atoms with Crippen LogP contribution in [0.1, 0.15) is 0 Å². The fourth-order valence-corrected chi connectivity index (χ4v) is 1.03. The van der Waals surface area contributed by atoms with Gasteiger partial charge in [0.05, 0.1) is 0 Å². The minimum absolute atomic E-state index is 0.208. The summed E-state index contributed by atoms with van der Waals surface area (Å²) in [6.07, 6.45) is -6.00. The summed E-state index contributed by atoms with van der Waals surface area (Å²) in [5, 5.41) is 19.1. The standard InChI is InChI=1S/C9H7F5N2O3/c10-8(11,9(12,13)14)7(17)15-5-1-3-6(4-2-5)16(18)19/h1-4,16,18H,(H,15,17). The van der Waals surface area contributed by atoms with Gasteiger partial charge in [0.15, 0.2) is 5.69 Å². The number of carbonyl (C=O) groups is 1. The topological polar surface area (TPSA) is 76.8 Å². The van der Waals surface area contributed by atoms with E-state index in [1.807, 2.05) is 0 Å². The molecule has 0 aliphatic heterocycles. The Labute approximate surface area is 102 Å². The predicted molar refractivity (Wildman–Crippen MR) is 51.8 cm³/mol. The van der Waals surface area contributed by atoms with Gasteiger partial charge in [-0.2, -0.15) is 27.2 Å². The minimum atomic E-state index is -6.00. The molecule has 0 aromatic heterocycles. The molecule has 0 bridgehead atoms. The van der Waals surface area contributed by atoms with Crippen molar-refractivity contribution in [2.24, 2.45) is 0 Å². The van der Waals surface area contributed by atoms with E-state index in [4.69, 9.17) is 5.21 Å². The average Bonchev–Trinajstić information content (AvgIpc) is 2.28. The second-order valence-electron chi connectivity index (χ2n) is 3.41. The lowest BCUT2D eigenvalue weighted by molar-refractivity contribution is -0.991. The van der Waals surface area contributed by atoms with Gasteiger partial charge >= 0.3 is 18.0 Å². The van der Waals surface area contributed by atoms with Gasteiger partial charge in [-0.3, -0.25) is 4.79 Å². The van der Waals surface area contributed by atoms with Crippen LogP contribution in [-0.4, -0.2) is 23.2 Å². The lowest BCUT2D eigenvalue weighted by Gasteiger charge is -2.18. The minimum Gasteiger partial charge on any atom is -0.595 e. The first-order valence-corrected chi connectivity index (χ1v) is 4.65. The van der Waals surface area contributed by atoms with E-state index >= 15 is 0 Å². The predicted octanol–water partition coefficient (Wildman–Crippen LogP) is 1.23. The van der Waals surface area contributed by atoms with Gasteiger partial charge in [-0.05, 0) is 12.1 Å². The van der Waals surface area contributed by atoms with Crippen molar-refractivity contribution < 1.29 is 37.2 Å². The Hall–Kier alpha value is -1.78. The molecule has 1 amide bonds. The van der Waals surface area contributed by atoms with Crippen molar-refractivity contribution in [1.82, 2.24) is 0 Å². The van der Waals surface area contributed by atoms with Crippen LogP contribution in [0.5, 0.6) is 0 Å². The van der Waals surface area contributed by atoms with E-state index in [-0.39, 0.29) is 11.4 Å². The summed E-state index contributed by atoms with van der Waals surface area (Å²) in [6, 6.07) is 3.69. The van der Waals surface area contributed by atoms with Gasteiger partial charge < -0.3 is 10.5 Å². The molecule has 0 radical (unpaired) electrons. The maximum absolute atomic E-state index is 12.6. The number of halogens is 5. The zero-order valence-electron chi connectivity index (χ0n) is 8.96. The average molecular weight is 286 g/mol. The van der Waals surface area contributed by atoms with Crippen LogP contribution < -0.4 is 10.5 Å². The summed E-state index contributed by atoms with van der Waals surface area (Å²) in [6.45, 7) is 0. The first kappa shape index (κ1) is 15.3. The van der Waals surface area contributed by atoms with Gasteiger partial charge in [0, 0.05) is 17.8 Å². The van der Waals surface area contributed by atoms with E-state index < -0.39 is 23.2 Å². The van der Waals surface area contributed by atoms with Crippen LogP contribution in [0.15, 0.2) is 24.3 Å². The molecule has 0 saturated carbocycles. The zero-order chi connectivity index (χ0) is 14.8. The number of hydrogen-bond acceptors (Lipinski definition) is 3. The quantitative estimate of drug-likeness (QED) is 0.577. The molecular weight excluding hydrogens is 279 g/mol. The number of rotatable bonds is 3. The van der Waals surface area contributed by atoms with E-state index in [9.17, 15) is 32.0 Å². The second-order valence-corrected chi connectivity index (χ2v) is 3.41. The molecular formula is C9H7F5N2O3. The highest BCUT2D eigenvalue weighted by molar-refractivity contribution is 5.96. The van der Waals surface area contributed by atoms with Crippen LogP contribution in [0.4, 0.5) is 33.3 Å². The van der Waals surface area contributed by atoms with Crippen molar-refractivity contribution >= 4 is 17.3 Å². The molecule has 10 heteroatoms. The van der Waals surface area contributed by atoms with E-state index in [1.165, 1.54) is 5.32 Å². The zero-order valence-corrected chi connectivity index (χ0v) is 8.96. The van der Waals surface area contributed by atoms with Crippen molar-refractivity contribution in [2.75, 3.05) is 5.32 Å². The summed E-state index contributed by atoms with van der Waals surface area (Å²) in [5.41, 5.74) is -0.584. The van der Waals surface area contributed by atoms with E-state index in [0.717, 1.165) is 24.3 Å². The van der Waals surface area contributed by atoms with Crippen LogP contribution in [0, 0.1) is 5.21 Å². The molecule has 5 nitrogen and oxygen atoms in total. The molecule has 0 saturated heterocycles. The van der Waals surface area contributed by atoms with Gasteiger partial charge in [-0.1, -0.05) is 0 Å². The first-order chi connectivity index (χ1) is 8.55. The van der Waals surface area contributed by atoms with Crippen LogP contribution in [0.25, 0.3) is 0 Å². The first-order valence-electron chi connectivity index (χ1n) is 4.65. The van der Waals surface area contributed by atoms with Crippen LogP contribution in [0.3, 0.4) is 0 Å². The van der Waals surface area contributed by atoms with E-state index in [1.54, 1.807) is 0 Å². The third-order valence-electron chi connectivity index (χ3n) is 2.03. The number of hydrogen-bond donors (Lipinski definition) is 3. The number of benzene rings is 1. The van der Waals surface area contributed by atoms with E-state index in [2.05, 4.69) is 0 Å². The molecule has 1 atom stereocenters. The summed E-state index contributed by atoms with van der Waals surface area (Å²) >= 11 is 0. The molecule has 0 fully saturated rings. The second kappa shape index (κ2) is 5.07. The van der Waals surface area contributed by atoms with Gasteiger partial charge in [0.1, 0.15) is 0 Å². The summed E-state index contributed by atoms with van der Waals surface area (Å²) in [4.78, 5) is 10.8. The highest BCUT2D eigenvalue weighted by Gasteiger charge is 2.63. The maximum Gasteiger partial charge on any atom is 0.463 e. The highest BCUT2D eigenvalue weighted by atomic mass is 19.4. The molecule has 1 unspecified atom stereocenters. The Bertz CT molecular complexity index is 458. The van der Waals surface area contributed by atoms with Crippen molar-refractivity contribution in [3.05, 3.63) is 29.5 Å². The summed E-state index contributed by atoms with van der Waals surface area (Å²) < 4.78 is 60.8. The number of carbonyl (C=O) groups excluding carboxylic acids is 1. The molecule has 0 spiro atoms. The third kappa shape index (κ3) is 3.36. The van der Waals surface area contributed by atoms with Crippen molar-refractivity contribution in [3.8, 4) is 0 Å². The monoisotopic (exact) mass is 286 g/mol. The van der Waals surface area contributed by atoms with Gasteiger partial charge in [-0.25, -0.2) is 5.21 Å². The SMILES string of the molecule is O=C(Nc1ccc([NH+]([O-])O)cc1)C(F)(F)C(F)(F)F. The molecule has 106 valence electrons. The molecule has 0 aliphatic rings. The molecule has 3 N–H and O–H groups in total. The molecule has 1 rings (SSSR count). The molecule has 1 aromatic carbocycles. The van der Waals surface area contributed by atoms with Crippen molar-refractivity contribution in [3.63, 3.8) is 0 Å². The van der Waals surface area contributed by atoms with Gasteiger partial charge in [0.25, 0.3) is 0 Å². The Morgan fingerprint density at radius 1 is 1.16 bits per heavy atom. The highest BCUT2D eigenvalue weighted by Crippen LogP contribution is 2.36. The van der Waals surface area contributed by atoms with Crippen molar-refractivity contribution in [2.45, 2.75) is 12.1 Å². The van der Waals surface area contributed by atoms with Gasteiger partial charge in [-0.15, -0.1) is 0 Å².